The van der Waals surface area contributed by atoms with Crippen molar-refractivity contribution in [2.75, 3.05) is 13.1 Å². The molecule has 1 aliphatic heterocycles. The summed E-state index contributed by atoms with van der Waals surface area (Å²) in [5, 5.41) is 10.7. The summed E-state index contributed by atoms with van der Waals surface area (Å²) in [5.74, 6) is -0.606. The van der Waals surface area contributed by atoms with Gasteiger partial charge in [0.05, 0.1) is 0 Å². The minimum absolute atomic E-state index is 0.000940. The second kappa shape index (κ2) is 5.95. The Balaban J connectivity index is 1.67. The standard InChI is InChI=1S/C16H21ClN2O2/c17-13-3-1-2-12-11(13)4-5-14(12)19-8-6-10(7-9-19)15(20)16(18)21/h1-3,10,14-15,20H,4-9H2,(H2,18,21)/t14-,15-/m0/s1. The number of likely N-dealkylation sites (tertiary alicyclic amines) is 1. The Labute approximate surface area is 129 Å². The van der Waals surface area contributed by atoms with Crippen molar-refractivity contribution >= 4 is 17.5 Å². The second-order valence-corrected chi connectivity index (χ2v) is 6.49. The fraction of sp³-hybridized carbons (Fsp3) is 0.562. The van der Waals surface area contributed by atoms with Crippen LogP contribution in [0.25, 0.3) is 0 Å². The molecule has 0 radical (unpaired) electrons. The summed E-state index contributed by atoms with van der Waals surface area (Å²) in [4.78, 5) is 13.5. The highest BCUT2D eigenvalue weighted by Crippen LogP contribution is 2.40. The molecule has 1 aromatic rings. The third-order valence-electron chi connectivity index (χ3n) is 4.93. The van der Waals surface area contributed by atoms with Gasteiger partial charge in [-0.05, 0) is 61.9 Å². The third kappa shape index (κ3) is 2.80. The zero-order valence-electron chi connectivity index (χ0n) is 12.0. The number of carbonyl (C=O) groups is 1. The molecule has 1 fully saturated rings. The number of primary amides is 1. The van der Waals surface area contributed by atoms with E-state index in [2.05, 4.69) is 11.0 Å². The number of halogens is 1. The van der Waals surface area contributed by atoms with Gasteiger partial charge in [0.25, 0.3) is 0 Å². The molecular weight excluding hydrogens is 288 g/mol. The lowest BCUT2D eigenvalue weighted by Crippen LogP contribution is -2.43. The highest BCUT2D eigenvalue weighted by atomic mass is 35.5. The molecule has 114 valence electrons. The van der Waals surface area contributed by atoms with E-state index in [0.29, 0.717) is 6.04 Å². The lowest BCUT2D eigenvalue weighted by molar-refractivity contribution is -0.129. The molecule has 3 rings (SSSR count). The minimum Gasteiger partial charge on any atom is -0.383 e. The van der Waals surface area contributed by atoms with Crippen LogP contribution < -0.4 is 5.73 Å². The number of amides is 1. The molecule has 1 amide bonds. The van der Waals surface area contributed by atoms with Crippen molar-refractivity contribution in [2.45, 2.75) is 37.8 Å². The molecule has 2 atom stereocenters. The van der Waals surface area contributed by atoms with E-state index in [0.717, 1.165) is 43.8 Å². The number of hydrogen-bond acceptors (Lipinski definition) is 3. The monoisotopic (exact) mass is 308 g/mol. The summed E-state index contributed by atoms with van der Waals surface area (Å²) in [5.41, 5.74) is 7.81. The topological polar surface area (TPSA) is 66.6 Å². The smallest absolute Gasteiger partial charge is 0.246 e. The van der Waals surface area contributed by atoms with Crippen LogP contribution >= 0.6 is 11.6 Å². The SMILES string of the molecule is NC(=O)[C@@H](O)C1CCN([C@H]2CCc3c(Cl)cccc32)CC1. The molecule has 1 aliphatic carbocycles. The van der Waals surface area contributed by atoms with Crippen LogP contribution in [0.3, 0.4) is 0 Å². The number of rotatable bonds is 3. The number of fused-ring (bicyclic) bond motifs is 1. The largest absolute Gasteiger partial charge is 0.383 e. The van der Waals surface area contributed by atoms with Crippen LogP contribution in [0.4, 0.5) is 0 Å². The van der Waals surface area contributed by atoms with Crippen molar-refractivity contribution in [1.82, 2.24) is 4.90 Å². The van der Waals surface area contributed by atoms with Crippen molar-refractivity contribution < 1.29 is 9.90 Å². The number of nitrogens with two attached hydrogens (primary N) is 1. The van der Waals surface area contributed by atoms with E-state index in [9.17, 15) is 9.90 Å². The Kier molecular flexibility index (Phi) is 4.20. The molecule has 3 N–H and O–H groups in total. The minimum atomic E-state index is -1.00. The maximum atomic E-state index is 11.1. The predicted octanol–water partition coefficient (Wildman–Crippen LogP) is 1.89. The van der Waals surface area contributed by atoms with E-state index in [1.165, 1.54) is 11.1 Å². The van der Waals surface area contributed by atoms with Gasteiger partial charge in [-0.15, -0.1) is 0 Å². The summed E-state index contributed by atoms with van der Waals surface area (Å²) in [6, 6.07) is 6.57. The third-order valence-corrected chi connectivity index (χ3v) is 5.29. The maximum Gasteiger partial charge on any atom is 0.246 e. The van der Waals surface area contributed by atoms with E-state index in [4.69, 9.17) is 17.3 Å². The molecule has 0 aromatic heterocycles. The molecule has 1 aromatic carbocycles. The predicted molar refractivity (Wildman–Crippen MR) is 82.0 cm³/mol. The number of benzene rings is 1. The molecule has 2 aliphatic rings. The number of aliphatic hydroxyl groups is 1. The molecule has 4 nitrogen and oxygen atoms in total. The molecule has 1 saturated heterocycles. The first kappa shape index (κ1) is 14.8. The van der Waals surface area contributed by atoms with Crippen molar-refractivity contribution in [1.29, 1.82) is 0 Å². The van der Waals surface area contributed by atoms with Gasteiger partial charge in [-0.25, -0.2) is 0 Å². The number of carbonyl (C=O) groups excluding carboxylic acids is 1. The Morgan fingerprint density at radius 3 is 2.71 bits per heavy atom. The number of nitrogens with zero attached hydrogens (tertiary/aromatic N) is 1. The summed E-state index contributed by atoms with van der Waals surface area (Å²) < 4.78 is 0. The lowest BCUT2D eigenvalue weighted by atomic mass is 9.89. The highest BCUT2D eigenvalue weighted by molar-refractivity contribution is 6.31. The highest BCUT2D eigenvalue weighted by Gasteiger charge is 2.34. The summed E-state index contributed by atoms with van der Waals surface area (Å²) in [6.45, 7) is 1.79. The molecule has 0 unspecified atom stereocenters. The normalized spacial score (nSPS) is 24.8. The lowest BCUT2D eigenvalue weighted by Gasteiger charge is -2.37. The number of aliphatic hydroxyl groups excluding tert-OH is 1. The van der Waals surface area contributed by atoms with E-state index < -0.39 is 12.0 Å². The zero-order chi connectivity index (χ0) is 15.0. The van der Waals surface area contributed by atoms with Crippen molar-refractivity contribution in [3.8, 4) is 0 Å². The second-order valence-electron chi connectivity index (χ2n) is 6.08. The van der Waals surface area contributed by atoms with Gasteiger partial charge in [-0.3, -0.25) is 9.69 Å². The van der Waals surface area contributed by atoms with Crippen LogP contribution in [0.2, 0.25) is 5.02 Å². The summed E-state index contributed by atoms with van der Waals surface area (Å²) in [6.07, 6.45) is 2.76. The quantitative estimate of drug-likeness (QED) is 0.896. The zero-order valence-corrected chi connectivity index (χ0v) is 12.7. The maximum absolute atomic E-state index is 11.1. The van der Waals surface area contributed by atoms with Crippen LogP contribution in [-0.4, -0.2) is 35.1 Å². The molecule has 0 bridgehead atoms. The first-order valence-electron chi connectivity index (χ1n) is 7.56. The van der Waals surface area contributed by atoms with E-state index in [1.807, 2.05) is 12.1 Å². The molecule has 0 spiro atoms. The Morgan fingerprint density at radius 2 is 2.05 bits per heavy atom. The van der Waals surface area contributed by atoms with E-state index >= 15 is 0 Å². The van der Waals surface area contributed by atoms with Gasteiger partial charge >= 0.3 is 0 Å². The fourth-order valence-electron chi connectivity index (χ4n) is 3.75. The van der Waals surface area contributed by atoms with Gasteiger partial charge in [0.2, 0.25) is 5.91 Å². The molecule has 0 saturated carbocycles. The van der Waals surface area contributed by atoms with Gasteiger partial charge in [0.15, 0.2) is 0 Å². The average molecular weight is 309 g/mol. The van der Waals surface area contributed by atoms with Crippen LogP contribution in [0, 0.1) is 5.92 Å². The Hall–Kier alpha value is -1.10. The van der Waals surface area contributed by atoms with Gasteiger partial charge in [0.1, 0.15) is 6.10 Å². The molecule has 5 heteroatoms. The van der Waals surface area contributed by atoms with Crippen molar-refractivity contribution in [3.05, 3.63) is 34.3 Å². The average Bonchev–Trinajstić information content (AvgIpc) is 2.92. The Morgan fingerprint density at radius 1 is 1.33 bits per heavy atom. The summed E-state index contributed by atoms with van der Waals surface area (Å²) >= 11 is 6.27. The Bertz CT molecular complexity index is 541. The molecule has 1 heterocycles. The van der Waals surface area contributed by atoms with E-state index in [-0.39, 0.29) is 5.92 Å². The number of hydrogen-bond donors (Lipinski definition) is 2. The first-order valence-corrected chi connectivity index (χ1v) is 7.94. The van der Waals surface area contributed by atoms with Crippen molar-refractivity contribution in [3.63, 3.8) is 0 Å². The van der Waals surface area contributed by atoms with Gasteiger partial charge in [0, 0.05) is 11.1 Å². The van der Waals surface area contributed by atoms with Crippen LogP contribution in [0.5, 0.6) is 0 Å². The fourth-order valence-corrected chi connectivity index (χ4v) is 4.02. The first-order chi connectivity index (χ1) is 10.1. The van der Waals surface area contributed by atoms with Crippen LogP contribution in [0.15, 0.2) is 18.2 Å². The van der Waals surface area contributed by atoms with E-state index in [1.54, 1.807) is 0 Å². The number of piperidine rings is 1. The van der Waals surface area contributed by atoms with Crippen molar-refractivity contribution in [2.24, 2.45) is 11.7 Å². The van der Waals surface area contributed by atoms with Gasteiger partial charge < -0.3 is 10.8 Å². The summed E-state index contributed by atoms with van der Waals surface area (Å²) in [7, 11) is 0. The molecule has 21 heavy (non-hydrogen) atoms. The molecular formula is C16H21ClN2O2. The van der Waals surface area contributed by atoms with Crippen LogP contribution in [-0.2, 0) is 11.2 Å². The van der Waals surface area contributed by atoms with Gasteiger partial charge in [-0.2, -0.15) is 0 Å². The van der Waals surface area contributed by atoms with Gasteiger partial charge in [-0.1, -0.05) is 23.7 Å². The van der Waals surface area contributed by atoms with Crippen LogP contribution in [0.1, 0.15) is 36.4 Å².